The molecule has 0 spiro atoms. The highest BCUT2D eigenvalue weighted by molar-refractivity contribution is 6.31. The average Bonchev–Trinajstić information content (AvgIpc) is 1.87. The molecule has 0 unspecified atom stereocenters. The fourth-order valence-corrected chi connectivity index (χ4v) is 0.762. The van der Waals surface area contributed by atoms with Crippen LogP contribution in [0.25, 0.3) is 0 Å². The van der Waals surface area contributed by atoms with Gasteiger partial charge in [-0.15, -0.1) is 0 Å². The molecule has 0 nitrogen and oxygen atoms in total. The molecule has 0 atom stereocenters. The summed E-state index contributed by atoms with van der Waals surface area (Å²) < 4.78 is 0. The molecule has 0 aliphatic heterocycles. The van der Waals surface area contributed by atoms with E-state index in [0.717, 1.165) is 16.2 Å². The van der Waals surface area contributed by atoms with Gasteiger partial charge in [0.25, 0.3) is 0 Å². The fourth-order valence-electron chi connectivity index (χ4n) is 0.475. The van der Waals surface area contributed by atoms with E-state index in [1.807, 2.05) is 32.9 Å². The lowest BCUT2D eigenvalue weighted by atomic mass is 10.1. The molecule has 0 saturated heterocycles. The largest absolute Gasteiger partial charge is 0.0958 e. The molecule has 10 heavy (non-hydrogen) atoms. The lowest BCUT2D eigenvalue weighted by Gasteiger charge is -1.98. The van der Waals surface area contributed by atoms with E-state index >= 15 is 0 Å². The zero-order valence-corrected chi connectivity index (χ0v) is 7.50. The zero-order chi connectivity index (χ0) is 8.15. The van der Waals surface area contributed by atoms with Crippen LogP contribution in [0.3, 0.4) is 0 Å². The van der Waals surface area contributed by atoms with Gasteiger partial charge in [0, 0.05) is 5.03 Å². The summed E-state index contributed by atoms with van der Waals surface area (Å²) in [5, 5.41) is 0.773. The van der Waals surface area contributed by atoms with Crippen molar-refractivity contribution in [2.24, 2.45) is 0 Å². The van der Waals surface area contributed by atoms with Crippen LogP contribution < -0.4 is 0 Å². The van der Waals surface area contributed by atoms with Crippen molar-refractivity contribution in [1.82, 2.24) is 0 Å². The van der Waals surface area contributed by atoms with E-state index in [1.165, 1.54) is 0 Å². The molecule has 0 aliphatic carbocycles. The van der Waals surface area contributed by atoms with Crippen molar-refractivity contribution >= 4 is 11.6 Å². The number of hydrogen-bond acceptors (Lipinski definition) is 0. The lowest BCUT2D eigenvalue weighted by molar-refractivity contribution is 1.35. The first kappa shape index (κ1) is 9.51. The summed E-state index contributed by atoms with van der Waals surface area (Å²) in [6.07, 6.45) is 3.78. The molecule has 0 rings (SSSR count). The minimum Gasteiger partial charge on any atom is -0.0958 e. The summed E-state index contributed by atoms with van der Waals surface area (Å²) in [7, 11) is 0. The van der Waals surface area contributed by atoms with Gasteiger partial charge >= 0.3 is 0 Å². The van der Waals surface area contributed by atoms with E-state index < -0.39 is 0 Å². The maximum atomic E-state index is 5.86. The SMILES string of the molecule is C=C(C)/C(C)=C(Cl)\C=C/C. The molecule has 0 amide bonds. The Hall–Kier alpha value is -0.490. The second-order valence-electron chi connectivity index (χ2n) is 2.25. The van der Waals surface area contributed by atoms with E-state index in [2.05, 4.69) is 6.58 Å². The van der Waals surface area contributed by atoms with Gasteiger partial charge in [0.1, 0.15) is 0 Å². The standard InChI is InChI=1S/C9H13Cl/c1-5-6-9(10)8(4)7(2)3/h5-6H,2H2,1,3-4H3/b6-5-,9-8+. The molecule has 0 heterocycles. The van der Waals surface area contributed by atoms with Crippen molar-refractivity contribution in [2.45, 2.75) is 20.8 Å². The Morgan fingerprint density at radius 1 is 1.40 bits per heavy atom. The molecule has 0 aromatic carbocycles. The minimum absolute atomic E-state index is 0.773. The second kappa shape index (κ2) is 4.35. The van der Waals surface area contributed by atoms with Gasteiger partial charge in [-0.3, -0.25) is 0 Å². The molecule has 0 aromatic rings. The number of rotatable bonds is 2. The number of hydrogen-bond donors (Lipinski definition) is 0. The Labute approximate surface area is 67.9 Å². The predicted octanol–water partition coefficient (Wildman–Crippen LogP) is 3.65. The van der Waals surface area contributed by atoms with E-state index in [1.54, 1.807) is 0 Å². The molecule has 1 heteroatoms. The molecular formula is C9H13Cl. The van der Waals surface area contributed by atoms with Crippen molar-refractivity contribution in [2.75, 3.05) is 0 Å². The summed E-state index contributed by atoms with van der Waals surface area (Å²) in [6, 6.07) is 0. The fraction of sp³-hybridized carbons (Fsp3) is 0.333. The van der Waals surface area contributed by atoms with Crippen molar-refractivity contribution < 1.29 is 0 Å². The molecule has 56 valence electrons. The van der Waals surface area contributed by atoms with Crippen molar-refractivity contribution in [3.63, 3.8) is 0 Å². The number of allylic oxidation sites excluding steroid dienone is 5. The molecule has 0 saturated carbocycles. The third-order valence-electron chi connectivity index (χ3n) is 1.31. The van der Waals surface area contributed by atoms with Gasteiger partial charge in [-0.05, 0) is 32.4 Å². The van der Waals surface area contributed by atoms with E-state index in [9.17, 15) is 0 Å². The maximum absolute atomic E-state index is 5.86. The normalized spacial score (nSPS) is 13.6. The Kier molecular flexibility index (Phi) is 4.13. The van der Waals surface area contributed by atoms with Crippen LogP contribution in [0, 0.1) is 0 Å². The summed E-state index contributed by atoms with van der Waals surface area (Å²) >= 11 is 5.86. The third kappa shape index (κ3) is 2.88. The highest BCUT2D eigenvalue weighted by Crippen LogP contribution is 2.16. The zero-order valence-electron chi connectivity index (χ0n) is 6.74. The quantitative estimate of drug-likeness (QED) is 0.536. The van der Waals surface area contributed by atoms with Gasteiger partial charge < -0.3 is 0 Å². The van der Waals surface area contributed by atoms with Crippen LogP contribution in [0.4, 0.5) is 0 Å². The Balaban J connectivity index is 4.50. The van der Waals surface area contributed by atoms with Crippen LogP contribution in [0.5, 0.6) is 0 Å². The van der Waals surface area contributed by atoms with E-state index in [4.69, 9.17) is 11.6 Å². The van der Waals surface area contributed by atoms with Crippen molar-refractivity contribution in [1.29, 1.82) is 0 Å². The highest BCUT2D eigenvalue weighted by Gasteiger charge is 1.93. The van der Waals surface area contributed by atoms with Gasteiger partial charge in [0.05, 0.1) is 0 Å². The second-order valence-corrected chi connectivity index (χ2v) is 2.66. The van der Waals surface area contributed by atoms with Crippen LogP contribution in [0.15, 0.2) is 34.9 Å². The third-order valence-corrected chi connectivity index (χ3v) is 1.72. The molecule has 0 radical (unpaired) electrons. The molecule has 0 fully saturated rings. The molecule has 0 aliphatic rings. The van der Waals surface area contributed by atoms with E-state index in [-0.39, 0.29) is 0 Å². The molecule has 0 N–H and O–H groups in total. The van der Waals surface area contributed by atoms with Gasteiger partial charge in [-0.25, -0.2) is 0 Å². The Morgan fingerprint density at radius 2 is 1.90 bits per heavy atom. The number of halogens is 1. The lowest BCUT2D eigenvalue weighted by Crippen LogP contribution is -1.78. The minimum atomic E-state index is 0.773. The predicted molar refractivity (Wildman–Crippen MR) is 48.2 cm³/mol. The molecular weight excluding hydrogens is 144 g/mol. The van der Waals surface area contributed by atoms with E-state index in [0.29, 0.717) is 0 Å². The van der Waals surface area contributed by atoms with Crippen LogP contribution in [0.1, 0.15) is 20.8 Å². The van der Waals surface area contributed by atoms with Gasteiger partial charge in [0.2, 0.25) is 0 Å². The van der Waals surface area contributed by atoms with Crippen molar-refractivity contribution in [3.05, 3.63) is 34.9 Å². The average molecular weight is 157 g/mol. The van der Waals surface area contributed by atoms with Crippen LogP contribution in [0.2, 0.25) is 0 Å². The highest BCUT2D eigenvalue weighted by atomic mass is 35.5. The van der Waals surface area contributed by atoms with Crippen LogP contribution in [-0.4, -0.2) is 0 Å². The van der Waals surface area contributed by atoms with Crippen molar-refractivity contribution in [3.8, 4) is 0 Å². The van der Waals surface area contributed by atoms with Gasteiger partial charge in [-0.2, -0.15) is 0 Å². The van der Waals surface area contributed by atoms with Crippen LogP contribution in [-0.2, 0) is 0 Å². The first-order chi connectivity index (χ1) is 4.59. The van der Waals surface area contributed by atoms with Gasteiger partial charge in [-0.1, -0.05) is 29.8 Å². The molecule has 0 aromatic heterocycles. The molecule has 0 bridgehead atoms. The summed E-state index contributed by atoms with van der Waals surface area (Å²) in [6.45, 7) is 9.63. The summed E-state index contributed by atoms with van der Waals surface area (Å²) in [5.74, 6) is 0. The summed E-state index contributed by atoms with van der Waals surface area (Å²) in [4.78, 5) is 0. The van der Waals surface area contributed by atoms with Crippen LogP contribution >= 0.6 is 11.6 Å². The van der Waals surface area contributed by atoms with Gasteiger partial charge in [0.15, 0.2) is 0 Å². The first-order valence-corrected chi connectivity index (χ1v) is 3.62. The summed E-state index contributed by atoms with van der Waals surface area (Å²) in [5.41, 5.74) is 2.07. The first-order valence-electron chi connectivity index (χ1n) is 3.24. The Bertz CT molecular complexity index is 185. The smallest absolute Gasteiger partial charge is 0.0434 e. The maximum Gasteiger partial charge on any atom is 0.0434 e. The topological polar surface area (TPSA) is 0 Å². The monoisotopic (exact) mass is 156 g/mol. The Morgan fingerprint density at radius 3 is 2.20 bits per heavy atom.